The van der Waals surface area contributed by atoms with Gasteiger partial charge in [0.05, 0.1) is 0 Å². The number of rotatable bonds is 3. The molecular weight excluding hydrogens is 309 g/mol. The summed E-state index contributed by atoms with van der Waals surface area (Å²) in [6.07, 6.45) is 1.27. The number of nitrogens with two attached hydrogens (primary N) is 1. The predicted octanol–water partition coefficient (Wildman–Crippen LogP) is 1.13. The SMILES string of the molecule is NC(=O)[C@@H]1CCCCN1S(=O)(=O)c1ccc(F)c(F)c1F. The maximum absolute atomic E-state index is 13.7. The Morgan fingerprint density at radius 3 is 2.48 bits per heavy atom. The van der Waals surface area contributed by atoms with Crippen molar-refractivity contribution < 1.29 is 26.4 Å². The minimum absolute atomic E-state index is 0.0334. The normalized spacial score (nSPS) is 20.4. The minimum Gasteiger partial charge on any atom is -0.368 e. The lowest BCUT2D eigenvalue weighted by Crippen LogP contribution is -2.50. The highest BCUT2D eigenvalue weighted by atomic mass is 32.2. The minimum atomic E-state index is -4.48. The summed E-state index contributed by atoms with van der Waals surface area (Å²) in [7, 11) is -4.48. The van der Waals surface area contributed by atoms with E-state index in [1.165, 1.54) is 0 Å². The van der Waals surface area contributed by atoms with Gasteiger partial charge in [-0.15, -0.1) is 0 Å². The molecule has 0 spiro atoms. The highest BCUT2D eigenvalue weighted by Gasteiger charge is 2.38. The van der Waals surface area contributed by atoms with Crippen molar-refractivity contribution in [3.05, 3.63) is 29.6 Å². The van der Waals surface area contributed by atoms with Gasteiger partial charge in [0.15, 0.2) is 17.5 Å². The number of hydrogen-bond acceptors (Lipinski definition) is 3. The summed E-state index contributed by atoms with van der Waals surface area (Å²) in [6, 6.07) is 0.0424. The summed E-state index contributed by atoms with van der Waals surface area (Å²) in [5, 5.41) is 0. The van der Waals surface area contributed by atoms with Gasteiger partial charge in [-0.2, -0.15) is 4.31 Å². The topological polar surface area (TPSA) is 80.5 Å². The standard InChI is InChI=1S/C12H13F3N2O3S/c13-7-4-5-9(11(15)10(7)14)21(19,20)17-6-2-1-3-8(17)12(16)18/h4-5,8H,1-3,6H2,(H2,16,18)/t8-/m0/s1. The third-order valence-corrected chi connectivity index (χ3v) is 5.29. The number of carbonyl (C=O) groups is 1. The first-order valence-corrected chi connectivity index (χ1v) is 7.65. The molecule has 0 bridgehead atoms. The van der Waals surface area contributed by atoms with E-state index >= 15 is 0 Å². The highest BCUT2D eigenvalue weighted by molar-refractivity contribution is 7.89. The van der Waals surface area contributed by atoms with E-state index in [9.17, 15) is 26.4 Å². The van der Waals surface area contributed by atoms with Crippen LogP contribution in [0.4, 0.5) is 13.2 Å². The summed E-state index contributed by atoms with van der Waals surface area (Å²) < 4.78 is 65.3. The monoisotopic (exact) mass is 322 g/mol. The second-order valence-corrected chi connectivity index (χ2v) is 6.56. The van der Waals surface area contributed by atoms with E-state index in [4.69, 9.17) is 5.73 Å². The first-order chi connectivity index (χ1) is 9.76. The molecule has 2 N–H and O–H groups in total. The highest BCUT2D eigenvalue weighted by Crippen LogP contribution is 2.28. The molecule has 1 aromatic carbocycles. The number of benzene rings is 1. The molecular formula is C12H13F3N2O3S. The van der Waals surface area contributed by atoms with Gasteiger partial charge < -0.3 is 5.73 Å². The van der Waals surface area contributed by atoms with Crippen molar-refractivity contribution in [2.24, 2.45) is 5.73 Å². The number of sulfonamides is 1. The van der Waals surface area contributed by atoms with Crippen molar-refractivity contribution in [1.82, 2.24) is 4.31 Å². The molecule has 0 radical (unpaired) electrons. The van der Waals surface area contributed by atoms with Gasteiger partial charge >= 0.3 is 0 Å². The summed E-state index contributed by atoms with van der Waals surface area (Å²) in [5.74, 6) is -6.02. The Bertz CT molecular complexity index is 679. The Balaban J connectivity index is 2.51. The fourth-order valence-electron chi connectivity index (χ4n) is 2.31. The van der Waals surface area contributed by atoms with Crippen LogP contribution in [-0.4, -0.2) is 31.2 Å². The van der Waals surface area contributed by atoms with Crippen LogP contribution in [0.1, 0.15) is 19.3 Å². The van der Waals surface area contributed by atoms with E-state index in [1.54, 1.807) is 0 Å². The Morgan fingerprint density at radius 2 is 1.86 bits per heavy atom. The van der Waals surface area contributed by atoms with Crippen LogP contribution in [0.15, 0.2) is 17.0 Å². The largest absolute Gasteiger partial charge is 0.368 e. The van der Waals surface area contributed by atoms with E-state index in [1.807, 2.05) is 0 Å². The third-order valence-electron chi connectivity index (χ3n) is 3.37. The van der Waals surface area contributed by atoms with Crippen LogP contribution >= 0.6 is 0 Å². The van der Waals surface area contributed by atoms with Gasteiger partial charge in [0.25, 0.3) is 0 Å². The van der Waals surface area contributed by atoms with Crippen LogP contribution in [0, 0.1) is 17.5 Å². The number of hydrogen-bond donors (Lipinski definition) is 1. The maximum atomic E-state index is 13.7. The molecule has 116 valence electrons. The number of halogens is 3. The van der Waals surface area contributed by atoms with Gasteiger partial charge in [-0.25, -0.2) is 21.6 Å². The third kappa shape index (κ3) is 2.75. The van der Waals surface area contributed by atoms with E-state index in [0.29, 0.717) is 25.0 Å². The van der Waals surface area contributed by atoms with Gasteiger partial charge in [0.1, 0.15) is 10.9 Å². The van der Waals surface area contributed by atoms with Gasteiger partial charge in [-0.3, -0.25) is 4.79 Å². The molecule has 1 fully saturated rings. The lowest BCUT2D eigenvalue weighted by atomic mass is 10.0. The second kappa shape index (κ2) is 5.64. The van der Waals surface area contributed by atoms with Crippen LogP contribution in [0.25, 0.3) is 0 Å². The van der Waals surface area contributed by atoms with E-state index in [-0.39, 0.29) is 13.0 Å². The molecule has 21 heavy (non-hydrogen) atoms. The van der Waals surface area contributed by atoms with Gasteiger partial charge in [0.2, 0.25) is 15.9 Å². The molecule has 9 heteroatoms. The molecule has 0 aliphatic carbocycles. The summed E-state index contributed by atoms with van der Waals surface area (Å²) in [5.41, 5.74) is 5.15. The first-order valence-electron chi connectivity index (χ1n) is 6.21. The second-order valence-electron chi connectivity index (χ2n) is 4.70. The van der Waals surface area contributed by atoms with Crippen LogP contribution in [-0.2, 0) is 14.8 Å². The molecule has 0 aromatic heterocycles. The molecule has 5 nitrogen and oxygen atoms in total. The molecule has 1 aliphatic rings. The number of carbonyl (C=O) groups excluding carboxylic acids is 1. The zero-order valence-electron chi connectivity index (χ0n) is 10.9. The van der Waals surface area contributed by atoms with Crippen LogP contribution in [0.3, 0.4) is 0 Å². The van der Waals surface area contributed by atoms with Crippen molar-refractivity contribution >= 4 is 15.9 Å². The average Bonchev–Trinajstić information content (AvgIpc) is 2.44. The van der Waals surface area contributed by atoms with Crippen LogP contribution in [0.2, 0.25) is 0 Å². The molecule has 1 atom stereocenters. The summed E-state index contributed by atoms with van der Waals surface area (Å²) in [4.78, 5) is 10.3. The van der Waals surface area contributed by atoms with Gasteiger partial charge in [0, 0.05) is 6.54 Å². The zero-order chi connectivity index (χ0) is 15.8. The summed E-state index contributed by atoms with van der Waals surface area (Å²) >= 11 is 0. The Labute approximate surface area is 119 Å². The molecule has 1 aliphatic heterocycles. The Morgan fingerprint density at radius 1 is 1.19 bits per heavy atom. The lowest BCUT2D eigenvalue weighted by Gasteiger charge is -2.32. The molecule has 0 unspecified atom stereocenters. The molecule has 1 heterocycles. The van der Waals surface area contributed by atoms with Crippen molar-refractivity contribution in [2.75, 3.05) is 6.54 Å². The number of piperidine rings is 1. The van der Waals surface area contributed by atoms with Gasteiger partial charge in [-0.1, -0.05) is 6.42 Å². The fraction of sp³-hybridized carbons (Fsp3) is 0.417. The zero-order valence-corrected chi connectivity index (χ0v) is 11.7. The molecule has 1 amide bonds. The smallest absolute Gasteiger partial charge is 0.246 e. The van der Waals surface area contributed by atoms with Crippen molar-refractivity contribution in [3.63, 3.8) is 0 Å². The summed E-state index contributed by atoms with van der Waals surface area (Å²) in [6.45, 7) is -0.0334. The van der Waals surface area contributed by atoms with Gasteiger partial charge in [-0.05, 0) is 25.0 Å². The predicted molar refractivity (Wildman–Crippen MR) is 67.0 cm³/mol. The van der Waals surface area contributed by atoms with E-state index < -0.39 is 44.3 Å². The maximum Gasteiger partial charge on any atom is 0.246 e. The number of amides is 1. The molecule has 0 saturated carbocycles. The average molecular weight is 322 g/mol. The fourth-order valence-corrected chi connectivity index (χ4v) is 4.03. The van der Waals surface area contributed by atoms with Crippen LogP contribution < -0.4 is 5.73 Å². The quantitative estimate of drug-likeness (QED) is 0.847. The number of primary amides is 1. The molecule has 2 rings (SSSR count). The van der Waals surface area contributed by atoms with Crippen molar-refractivity contribution in [1.29, 1.82) is 0 Å². The van der Waals surface area contributed by atoms with Crippen LogP contribution in [0.5, 0.6) is 0 Å². The van der Waals surface area contributed by atoms with Crippen molar-refractivity contribution in [3.8, 4) is 0 Å². The first kappa shape index (κ1) is 15.8. The Hall–Kier alpha value is -1.61. The molecule has 1 aromatic rings. The Kier molecular flexibility index (Phi) is 4.24. The van der Waals surface area contributed by atoms with E-state index in [0.717, 1.165) is 4.31 Å². The lowest BCUT2D eigenvalue weighted by molar-refractivity contribution is -0.122. The van der Waals surface area contributed by atoms with Crippen molar-refractivity contribution in [2.45, 2.75) is 30.2 Å². The van der Waals surface area contributed by atoms with E-state index in [2.05, 4.69) is 0 Å². The molecule has 1 saturated heterocycles. The number of nitrogens with zero attached hydrogens (tertiary/aromatic N) is 1.